The van der Waals surface area contributed by atoms with Crippen molar-refractivity contribution >= 4 is 28.9 Å². The number of ketones is 2. The predicted molar refractivity (Wildman–Crippen MR) is 134 cm³/mol. The van der Waals surface area contributed by atoms with Crippen molar-refractivity contribution < 1.29 is 39.5 Å². The molecule has 0 unspecified atom stereocenters. The van der Waals surface area contributed by atoms with E-state index in [0.29, 0.717) is 24.2 Å². The number of anilines is 1. The number of nitrogens with two attached hydrogens (primary N) is 1. The van der Waals surface area contributed by atoms with E-state index in [2.05, 4.69) is 0 Å². The Balaban J connectivity index is 1.98. The molecule has 4 atom stereocenters. The van der Waals surface area contributed by atoms with Crippen molar-refractivity contribution in [3.8, 4) is 5.75 Å². The first-order chi connectivity index (χ1) is 17.3. The van der Waals surface area contributed by atoms with Gasteiger partial charge in [0, 0.05) is 38.4 Å². The van der Waals surface area contributed by atoms with Crippen LogP contribution in [0.4, 0.5) is 5.69 Å². The van der Waals surface area contributed by atoms with Gasteiger partial charge in [0.15, 0.2) is 11.4 Å². The molecule has 37 heavy (non-hydrogen) atoms. The highest BCUT2D eigenvalue weighted by molar-refractivity contribution is 6.24. The van der Waals surface area contributed by atoms with Gasteiger partial charge in [-0.05, 0) is 56.5 Å². The second-order valence-corrected chi connectivity index (χ2v) is 10.4. The summed E-state index contributed by atoms with van der Waals surface area (Å²) in [5, 5.41) is 45.2. The molecule has 11 heteroatoms. The number of primary amides is 1. The Kier molecular flexibility index (Phi) is 6.60. The van der Waals surface area contributed by atoms with Gasteiger partial charge in [-0.15, -0.1) is 0 Å². The Morgan fingerprint density at radius 1 is 1.19 bits per heavy atom. The van der Waals surface area contributed by atoms with Gasteiger partial charge >= 0.3 is 0 Å². The number of phenols is 1. The van der Waals surface area contributed by atoms with Crippen LogP contribution in [0.2, 0.25) is 0 Å². The molecule has 3 aliphatic rings. The number of aliphatic hydroxyl groups is 3. The largest absolute Gasteiger partial charge is 0.508 e. The zero-order chi connectivity index (χ0) is 27.6. The number of Topliss-reactive ketones (excluding diaryl/α,β-unsaturated/α-hetero) is 2. The number of methoxy groups -OCH3 is 1. The molecule has 0 spiro atoms. The van der Waals surface area contributed by atoms with Gasteiger partial charge in [0.05, 0.1) is 18.2 Å². The van der Waals surface area contributed by atoms with Crippen LogP contribution in [0.3, 0.4) is 0 Å². The van der Waals surface area contributed by atoms with Crippen LogP contribution < -0.4 is 10.6 Å². The second-order valence-electron chi connectivity index (χ2n) is 10.4. The highest BCUT2D eigenvalue weighted by atomic mass is 16.5. The van der Waals surface area contributed by atoms with Crippen LogP contribution in [0.5, 0.6) is 5.75 Å². The van der Waals surface area contributed by atoms with Gasteiger partial charge in [0.25, 0.3) is 5.91 Å². The number of likely N-dealkylation sites (N-methyl/N-ethyl adjacent to an activating group) is 1. The van der Waals surface area contributed by atoms with Crippen LogP contribution in [0.25, 0.3) is 5.76 Å². The molecular formula is C26H33N3O8. The Morgan fingerprint density at radius 3 is 2.38 bits per heavy atom. The standard InChI is InChI=1S/C26H33N3O8/c1-28(2)15-10-11(6-7-37-5)20(30)17-13(15)8-12-9-14-19(29(3)4)22(32)18(25(27)35)24(34)26(14,36)23(33)16(12)21(17)31/h10,12,14,19,30-31,34,36H,6-9H2,1-5H3,(H2,27,35)/t12-,14-,19-,26-/m0/s1. The lowest BCUT2D eigenvalue weighted by atomic mass is 9.57. The average molecular weight is 516 g/mol. The molecule has 0 aromatic heterocycles. The van der Waals surface area contributed by atoms with Crippen molar-refractivity contribution in [2.45, 2.75) is 30.9 Å². The van der Waals surface area contributed by atoms with E-state index < -0.39 is 58.0 Å². The Labute approximate surface area is 214 Å². The maximum Gasteiger partial charge on any atom is 0.255 e. The van der Waals surface area contributed by atoms with Crippen molar-refractivity contribution in [3.63, 3.8) is 0 Å². The number of hydrogen-bond acceptors (Lipinski definition) is 10. The van der Waals surface area contributed by atoms with Gasteiger partial charge in [0.2, 0.25) is 5.78 Å². The normalized spacial score (nSPS) is 27.3. The SMILES string of the molecule is COCCc1cc(N(C)C)c2c(c1O)C(O)=C1C(=O)[C@]3(O)C(O)=C(C(N)=O)C(=O)[C@@H](N(C)C)[C@@H]3C[C@@H]1C2. The minimum Gasteiger partial charge on any atom is -0.508 e. The van der Waals surface area contributed by atoms with E-state index in [0.717, 1.165) is 5.69 Å². The second kappa shape index (κ2) is 9.16. The molecule has 11 nitrogen and oxygen atoms in total. The minimum atomic E-state index is -2.65. The number of fused-ring (bicyclic) bond motifs is 3. The van der Waals surface area contributed by atoms with E-state index in [1.54, 1.807) is 14.1 Å². The van der Waals surface area contributed by atoms with E-state index in [-0.39, 0.29) is 29.7 Å². The molecule has 0 aliphatic heterocycles. The molecule has 1 aromatic carbocycles. The Bertz CT molecular complexity index is 1260. The Morgan fingerprint density at radius 2 is 1.84 bits per heavy atom. The number of ether oxygens (including phenoxy) is 1. The maximum absolute atomic E-state index is 13.9. The van der Waals surface area contributed by atoms with Gasteiger partial charge in [-0.25, -0.2) is 0 Å². The van der Waals surface area contributed by atoms with E-state index in [9.17, 15) is 34.8 Å². The number of carbonyl (C=O) groups is 3. The summed E-state index contributed by atoms with van der Waals surface area (Å²) >= 11 is 0. The number of benzene rings is 1. The number of aliphatic hydroxyl groups excluding tert-OH is 2. The number of aromatic hydroxyl groups is 1. The number of amides is 1. The van der Waals surface area contributed by atoms with Crippen LogP contribution in [-0.2, 0) is 32.0 Å². The third-order valence-corrected chi connectivity index (χ3v) is 7.83. The van der Waals surface area contributed by atoms with Gasteiger partial charge in [-0.2, -0.15) is 0 Å². The van der Waals surface area contributed by atoms with E-state index in [1.165, 1.54) is 12.0 Å². The number of hydrogen-bond donors (Lipinski definition) is 5. The molecule has 1 aromatic rings. The third-order valence-electron chi connectivity index (χ3n) is 7.83. The lowest BCUT2D eigenvalue weighted by molar-refractivity contribution is -0.153. The molecule has 0 radical (unpaired) electrons. The first-order valence-corrected chi connectivity index (χ1v) is 12.0. The van der Waals surface area contributed by atoms with Crippen molar-refractivity contribution in [2.75, 3.05) is 46.8 Å². The van der Waals surface area contributed by atoms with Crippen LogP contribution in [0, 0.1) is 11.8 Å². The van der Waals surface area contributed by atoms with Crippen molar-refractivity contribution in [2.24, 2.45) is 17.6 Å². The fourth-order valence-electron chi connectivity index (χ4n) is 6.15. The summed E-state index contributed by atoms with van der Waals surface area (Å²) in [4.78, 5) is 42.5. The summed E-state index contributed by atoms with van der Waals surface area (Å²) in [6.45, 7) is 0.314. The van der Waals surface area contributed by atoms with Crippen molar-refractivity contribution in [1.82, 2.24) is 4.90 Å². The third kappa shape index (κ3) is 3.72. The molecule has 1 amide bonds. The zero-order valence-corrected chi connectivity index (χ0v) is 21.5. The molecule has 6 N–H and O–H groups in total. The number of nitrogens with zero attached hydrogens (tertiary/aromatic N) is 2. The summed E-state index contributed by atoms with van der Waals surface area (Å²) in [7, 11) is 8.31. The number of phenolic OH excluding ortho intramolecular Hbond substituents is 1. The molecule has 0 bridgehead atoms. The summed E-state index contributed by atoms with van der Waals surface area (Å²) in [5.41, 5.74) is 3.63. The highest BCUT2D eigenvalue weighted by Crippen LogP contribution is 2.54. The first-order valence-electron chi connectivity index (χ1n) is 12.0. The van der Waals surface area contributed by atoms with Crippen molar-refractivity contribution in [3.05, 3.63) is 39.7 Å². The molecular weight excluding hydrogens is 482 g/mol. The first kappa shape index (κ1) is 26.6. The fourth-order valence-corrected chi connectivity index (χ4v) is 6.15. The molecule has 200 valence electrons. The fraction of sp³-hybridized carbons (Fsp3) is 0.500. The number of rotatable bonds is 6. The van der Waals surface area contributed by atoms with Gasteiger partial charge in [0.1, 0.15) is 22.8 Å². The quantitative estimate of drug-likeness (QED) is 0.330. The summed E-state index contributed by atoms with van der Waals surface area (Å²) in [6.07, 6.45) is 0.631. The molecule has 0 heterocycles. The maximum atomic E-state index is 13.9. The minimum absolute atomic E-state index is 0.0464. The predicted octanol–water partition coefficient (Wildman–Crippen LogP) is 0.219. The van der Waals surface area contributed by atoms with Crippen molar-refractivity contribution in [1.29, 1.82) is 0 Å². The zero-order valence-electron chi connectivity index (χ0n) is 21.5. The molecule has 3 aliphatic carbocycles. The topological polar surface area (TPSA) is 174 Å². The van der Waals surface area contributed by atoms with E-state index >= 15 is 0 Å². The smallest absolute Gasteiger partial charge is 0.255 e. The van der Waals surface area contributed by atoms with E-state index in [4.69, 9.17) is 10.5 Å². The average Bonchev–Trinajstić information content (AvgIpc) is 2.80. The van der Waals surface area contributed by atoms with Gasteiger partial charge in [-0.1, -0.05) is 0 Å². The molecule has 0 saturated heterocycles. The monoisotopic (exact) mass is 515 g/mol. The Hall–Kier alpha value is -3.41. The van der Waals surface area contributed by atoms with Crippen LogP contribution >= 0.6 is 0 Å². The summed E-state index contributed by atoms with van der Waals surface area (Å²) in [5.74, 6) is -6.60. The van der Waals surface area contributed by atoms with Crippen LogP contribution in [-0.4, -0.2) is 96.3 Å². The lowest BCUT2D eigenvalue weighted by Gasteiger charge is -2.50. The summed E-state index contributed by atoms with van der Waals surface area (Å²) in [6, 6.07) is 0.697. The summed E-state index contributed by atoms with van der Waals surface area (Å²) < 4.78 is 5.14. The molecule has 1 fully saturated rings. The van der Waals surface area contributed by atoms with E-state index in [1.807, 2.05) is 25.1 Å². The molecule has 4 rings (SSSR count). The van der Waals surface area contributed by atoms with Gasteiger partial charge < -0.3 is 35.8 Å². The lowest BCUT2D eigenvalue weighted by Crippen LogP contribution is -2.65. The van der Waals surface area contributed by atoms with Crippen LogP contribution in [0.15, 0.2) is 23.0 Å². The van der Waals surface area contributed by atoms with Crippen LogP contribution in [0.1, 0.15) is 23.1 Å². The molecule has 1 saturated carbocycles. The highest BCUT2D eigenvalue weighted by Gasteiger charge is 2.64. The van der Waals surface area contributed by atoms with Gasteiger partial charge in [-0.3, -0.25) is 19.3 Å². The number of carbonyl (C=O) groups excluding carboxylic acids is 3.